The molecule has 27 heavy (non-hydrogen) atoms. The van der Waals surface area contributed by atoms with Crippen LogP contribution in [0.3, 0.4) is 0 Å². The number of carboxylic acid groups (broad SMARTS) is 1. The van der Waals surface area contributed by atoms with Crippen LogP contribution in [0, 0.1) is 0 Å². The molecule has 0 spiro atoms. The Morgan fingerprint density at radius 2 is 1.81 bits per heavy atom. The smallest absolute Gasteiger partial charge is 0.407 e. The van der Waals surface area contributed by atoms with E-state index in [2.05, 4.69) is 17.2 Å². The molecule has 0 aliphatic carbocycles. The number of thiophene rings is 1. The van der Waals surface area contributed by atoms with Crippen molar-refractivity contribution in [3.05, 3.63) is 42.5 Å². The Balaban J connectivity index is 1.86. The molecule has 2 heterocycles. The van der Waals surface area contributed by atoms with Gasteiger partial charge >= 0.3 is 12.1 Å². The molecule has 0 atom stereocenters. The van der Waals surface area contributed by atoms with E-state index in [-0.39, 0.29) is 19.0 Å². The van der Waals surface area contributed by atoms with Crippen LogP contribution in [-0.4, -0.2) is 65.7 Å². The monoisotopic (exact) mass is 388 g/mol. The third kappa shape index (κ3) is 4.03. The topological polar surface area (TPSA) is 102 Å². The fraction of sp³-hybridized carbons (Fsp3) is 0.278. The van der Waals surface area contributed by atoms with Crippen LogP contribution in [0.1, 0.15) is 10.4 Å². The minimum absolute atomic E-state index is 0.212. The number of nitrogens with one attached hydrogen (secondary N) is 2. The van der Waals surface area contributed by atoms with E-state index in [4.69, 9.17) is 5.11 Å². The number of carbonyl (C=O) groups is 3. The zero-order chi connectivity index (χ0) is 19.4. The molecule has 3 N–H and O–H groups in total. The molecule has 0 bridgehead atoms. The van der Waals surface area contributed by atoms with Gasteiger partial charge in [-0.1, -0.05) is 24.3 Å². The first-order chi connectivity index (χ1) is 13.0. The molecule has 1 aromatic carbocycles. The Morgan fingerprint density at radius 1 is 1.15 bits per heavy atom. The summed E-state index contributed by atoms with van der Waals surface area (Å²) in [5.41, 5.74) is 0.438. The molecule has 0 radical (unpaired) electrons. The van der Waals surface area contributed by atoms with Crippen LogP contribution in [0.25, 0.3) is 10.1 Å². The molecule has 142 valence electrons. The first kappa shape index (κ1) is 18.7. The molecule has 4 amide bonds. The van der Waals surface area contributed by atoms with E-state index in [0.29, 0.717) is 30.2 Å². The van der Waals surface area contributed by atoms with Crippen molar-refractivity contribution in [1.82, 2.24) is 15.1 Å². The summed E-state index contributed by atoms with van der Waals surface area (Å²) in [4.78, 5) is 39.2. The molecule has 1 aromatic heterocycles. The molecule has 9 heteroatoms. The van der Waals surface area contributed by atoms with Gasteiger partial charge in [0, 0.05) is 42.8 Å². The van der Waals surface area contributed by atoms with Crippen LogP contribution in [0.5, 0.6) is 0 Å². The van der Waals surface area contributed by atoms with Gasteiger partial charge in [-0.05, 0) is 6.07 Å². The maximum absolute atomic E-state index is 13.1. The molecule has 1 saturated heterocycles. The van der Waals surface area contributed by atoms with Crippen LogP contribution in [0.4, 0.5) is 14.6 Å². The number of benzene rings is 1. The number of hydrogen-bond acceptors (Lipinski definition) is 4. The Labute approximate surface area is 160 Å². The summed E-state index contributed by atoms with van der Waals surface area (Å²) in [6.45, 7) is 5.04. The number of anilines is 1. The van der Waals surface area contributed by atoms with Crippen molar-refractivity contribution >= 4 is 44.5 Å². The number of nitrogens with zero attached hydrogens (tertiary/aromatic N) is 2. The number of piperazine rings is 1. The minimum atomic E-state index is -0.982. The average molecular weight is 388 g/mol. The summed E-state index contributed by atoms with van der Waals surface area (Å²) in [6, 6.07) is 7.05. The summed E-state index contributed by atoms with van der Waals surface area (Å²) in [7, 11) is 0. The van der Waals surface area contributed by atoms with Gasteiger partial charge in [0.15, 0.2) is 0 Å². The van der Waals surface area contributed by atoms with Crippen LogP contribution in [0.15, 0.2) is 36.9 Å². The Kier molecular flexibility index (Phi) is 5.60. The molecule has 1 fully saturated rings. The maximum Gasteiger partial charge on any atom is 0.407 e. The number of hydrogen-bond donors (Lipinski definition) is 3. The van der Waals surface area contributed by atoms with Crippen LogP contribution in [0.2, 0.25) is 0 Å². The largest absolute Gasteiger partial charge is 0.465 e. The lowest BCUT2D eigenvalue weighted by atomic mass is 10.1. The summed E-state index contributed by atoms with van der Waals surface area (Å²) in [6.07, 6.45) is 0.586. The highest BCUT2D eigenvalue weighted by atomic mass is 32.1. The van der Waals surface area contributed by atoms with E-state index in [9.17, 15) is 14.4 Å². The van der Waals surface area contributed by atoms with E-state index in [1.165, 1.54) is 16.2 Å². The molecule has 3 rings (SSSR count). The third-order valence-corrected chi connectivity index (χ3v) is 5.37. The number of amides is 4. The fourth-order valence-corrected chi connectivity index (χ4v) is 4.01. The van der Waals surface area contributed by atoms with Crippen molar-refractivity contribution in [2.45, 2.75) is 0 Å². The average Bonchev–Trinajstić information content (AvgIpc) is 3.03. The molecule has 0 unspecified atom stereocenters. The number of carbonyl (C=O) groups excluding carboxylic acids is 2. The zero-order valence-corrected chi connectivity index (χ0v) is 15.4. The molecular weight excluding hydrogens is 368 g/mol. The lowest BCUT2D eigenvalue weighted by Crippen LogP contribution is -2.50. The van der Waals surface area contributed by atoms with Crippen molar-refractivity contribution in [3.63, 3.8) is 0 Å². The Morgan fingerprint density at radius 3 is 2.48 bits per heavy atom. The Hall–Kier alpha value is -3.07. The highest BCUT2D eigenvalue weighted by Gasteiger charge is 2.28. The summed E-state index contributed by atoms with van der Waals surface area (Å²) in [5, 5.41) is 15.7. The van der Waals surface area contributed by atoms with Gasteiger partial charge in [0.25, 0.3) is 5.91 Å². The van der Waals surface area contributed by atoms with E-state index in [1.54, 1.807) is 11.0 Å². The van der Waals surface area contributed by atoms with Gasteiger partial charge < -0.3 is 20.2 Å². The van der Waals surface area contributed by atoms with E-state index >= 15 is 0 Å². The zero-order valence-electron chi connectivity index (χ0n) is 14.6. The van der Waals surface area contributed by atoms with Crippen molar-refractivity contribution in [2.75, 3.05) is 38.0 Å². The fourth-order valence-electron chi connectivity index (χ4n) is 2.92. The molecule has 0 saturated carbocycles. The molecule has 1 aliphatic rings. The minimum Gasteiger partial charge on any atom is -0.465 e. The standard InChI is InChI=1S/C18H20N4O4S/c1-2-7-19-17(24)20-15-14(12-5-3-4-6-13(12)27-15)16(23)21-8-10-22(11-9-21)18(25)26/h2-6H,1,7-11H2,(H,25,26)(H2,19,20,24). The Bertz CT molecular complexity index is 887. The van der Waals surface area contributed by atoms with Gasteiger partial charge in [0.2, 0.25) is 0 Å². The highest BCUT2D eigenvalue weighted by Crippen LogP contribution is 2.36. The molecule has 2 aromatic rings. The number of rotatable bonds is 4. The first-order valence-corrected chi connectivity index (χ1v) is 9.27. The van der Waals surface area contributed by atoms with Crippen molar-refractivity contribution in [3.8, 4) is 0 Å². The van der Waals surface area contributed by atoms with Crippen LogP contribution in [-0.2, 0) is 0 Å². The van der Waals surface area contributed by atoms with Crippen LogP contribution < -0.4 is 10.6 Å². The van der Waals surface area contributed by atoms with Gasteiger partial charge in [0.05, 0.1) is 5.56 Å². The summed E-state index contributed by atoms with van der Waals surface area (Å²) >= 11 is 1.33. The van der Waals surface area contributed by atoms with Gasteiger partial charge in [-0.25, -0.2) is 9.59 Å². The van der Waals surface area contributed by atoms with Gasteiger partial charge in [-0.3, -0.25) is 10.1 Å². The highest BCUT2D eigenvalue weighted by molar-refractivity contribution is 7.23. The second-order valence-corrected chi connectivity index (χ2v) is 7.04. The maximum atomic E-state index is 13.1. The van der Waals surface area contributed by atoms with Gasteiger partial charge in [-0.2, -0.15) is 0 Å². The van der Waals surface area contributed by atoms with Crippen molar-refractivity contribution in [1.29, 1.82) is 0 Å². The predicted molar refractivity (Wildman–Crippen MR) is 105 cm³/mol. The normalized spacial score (nSPS) is 14.1. The lowest BCUT2D eigenvalue weighted by molar-refractivity contribution is 0.0628. The molecule has 1 aliphatic heterocycles. The first-order valence-electron chi connectivity index (χ1n) is 8.45. The van der Waals surface area contributed by atoms with E-state index in [1.807, 2.05) is 24.3 Å². The predicted octanol–water partition coefficient (Wildman–Crippen LogP) is 2.64. The van der Waals surface area contributed by atoms with E-state index in [0.717, 1.165) is 10.1 Å². The SMILES string of the molecule is C=CCNC(=O)Nc1sc2ccccc2c1C(=O)N1CCN(C(=O)O)CC1. The summed E-state index contributed by atoms with van der Waals surface area (Å²) < 4.78 is 0.893. The second-order valence-electron chi connectivity index (χ2n) is 5.99. The van der Waals surface area contributed by atoms with Crippen molar-refractivity contribution < 1.29 is 19.5 Å². The van der Waals surface area contributed by atoms with Crippen molar-refractivity contribution in [2.24, 2.45) is 0 Å². The number of urea groups is 1. The molecular formula is C18H20N4O4S. The second kappa shape index (κ2) is 8.09. The quantitative estimate of drug-likeness (QED) is 0.701. The number of fused-ring (bicyclic) bond motifs is 1. The van der Waals surface area contributed by atoms with Gasteiger partial charge in [0.1, 0.15) is 5.00 Å². The lowest BCUT2D eigenvalue weighted by Gasteiger charge is -2.33. The van der Waals surface area contributed by atoms with Crippen LogP contribution >= 0.6 is 11.3 Å². The third-order valence-electron chi connectivity index (χ3n) is 4.28. The van der Waals surface area contributed by atoms with Gasteiger partial charge in [-0.15, -0.1) is 17.9 Å². The molecule has 8 nitrogen and oxygen atoms in total. The van der Waals surface area contributed by atoms with E-state index < -0.39 is 12.1 Å². The summed E-state index contributed by atoms with van der Waals surface area (Å²) in [5.74, 6) is -0.212.